The Morgan fingerprint density at radius 3 is 2.95 bits per heavy atom. The number of benzene rings is 1. The Kier molecular flexibility index (Phi) is 4.39. The summed E-state index contributed by atoms with van der Waals surface area (Å²) in [5.74, 6) is 0.197. The molecule has 1 aliphatic heterocycles. The van der Waals surface area contributed by atoms with Crippen molar-refractivity contribution in [2.75, 3.05) is 18.5 Å². The molecule has 0 saturated carbocycles. The van der Waals surface area contributed by atoms with Crippen molar-refractivity contribution < 1.29 is 14.5 Å². The van der Waals surface area contributed by atoms with E-state index in [-0.39, 0.29) is 23.4 Å². The van der Waals surface area contributed by atoms with E-state index in [0.717, 1.165) is 6.42 Å². The van der Waals surface area contributed by atoms with Gasteiger partial charge in [0.25, 0.3) is 0 Å². The maximum Gasteiger partial charge on any atom is 0.333 e. The molecule has 2 rings (SSSR count). The van der Waals surface area contributed by atoms with E-state index in [4.69, 9.17) is 4.74 Å². The molecule has 7 heteroatoms. The minimum Gasteiger partial charge on any atom is -0.487 e. The molecule has 2 N–H and O–H groups in total. The van der Waals surface area contributed by atoms with Crippen molar-refractivity contribution >= 4 is 17.3 Å². The van der Waals surface area contributed by atoms with Crippen LogP contribution in [0.3, 0.4) is 0 Å². The number of nitro benzene ring substituents is 1. The van der Waals surface area contributed by atoms with Crippen LogP contribution in [0.5, 0.6) is 5.75 Å². The van der Waals surface area contributed by atoms with Crippen molar-refractivity contribution in [3.63, 3.8) is 0 Å². The highest BCUT2D eigenvalue weighted by Crippen LogP contribution is 2.35. The van der Waals surface area contributed by atoms with E-state index in [2.05, 4.69) is 10.6 Å². The second kappa shape index (κ2) is 6.23. The molecule has 20 heavy (non-hydrogen) atoms. The number of hydrogen-bond donors (Lipinski definition) is 2. The van der Waals surface area contributed by atoms with Crippen LogP contribution in [0.25, 0.3) is 0 Å². The molecule has 0 spiro atoms. The Bertz CT molecular complexity index is 518. The van der Waals surface area contributed by atoms with Crippen molar-refractivity contribution in [1.29, 1.82) is 0 Å². The molecule has 7 nitrogen and oxygen atoms in total. The van der Waals surface area contributed by atoms with Crippen LogP contribution in [-0.4, -0.2) is 30.0 Å². The van der Waals surface area contributed by atoms with Crippen LogP contribution in [0.2, 0.25) is 0 Å². The Hall–Kier alpha value is -2.31. The van der Waals surface area contributed by atoms with Gasteiger partial charge < -0.3 is 15.4 Å². The fourth-order valence-corrected chi connectivity index (χ4v) is 2.08. The topological polar surface area (TPSA) is 93.5 Å². The van der Waals surface area contributed by atoms with E-state index in [1.807, 2.05) is 6.92 Å². The number of amides is 1. The van der Waals surface area contributed by atoms with Crippen LogP contribution in [0.1, 0.15) is 19.8 Å². The Labute approximate surface area is 116 Å². The lowest BCUT2D eigenvalue weighted by Crippen LogP contribution is -2.22. The van der Waals surface area contributed by atoms with Crippen LogP contribution in [-0.2, 0) is 4.79 Å². The first kappa shape index (κ1) is 14.1. The first-order valence-electron chi connectivity index (χ1n) is 6.55. The first-order valence-corrected chi connectivity index (χ1v) is 6.55. The predicted octanol–water partition coefficient (Wildman–Crippen LogP) is 1.68. The van der Waals surface area contributed by atoms with Gasteiger partial charge in [-0.2, -0.15) is 0 Å². The zero-order chi connectivity index (χ0) is 14.5. The summed E-state index contributed by atoms with van der Waals surface area (Å²) in [4.78, 5) is 21.9. The molecule has 0 aliphatic carbocycles. The molecular formula is C13H17N3O4. The fraction of sp³-hybridized carbons (Fsp3) is 0.462. The Balaban J connectivity index is 2.22. The SMILES string of the molecule is CCCOc1cccc(NC2CNC(=O)C2)c1[N+](=O)[O-]. The van der Waals surface area contributed by atoms with Gasteiger partial charge in [0.15, 0.2) is 5.75 Å². The average molecular weight is 279 g/mol. The van der Waals surface area contributed by atoms with Gasteiger partial charge in [0, 0.05) is 13.0 Å². The number of carbonyl (C=O) groups is 1. The normalized spacial score (nSPS) is 17.6. The van der Waals surface area contributed by atoms with Gasteiger partial charge in [-0.25, -0.2) is 0 Å². The largest absolute Gasteiger partial charge is 0.487 e. The van der Waals surface area contributed by atoms with Gasteiger partial charge in [0.05, 0.1) is 17.6 Å². The van der Waals surface area contributed by atoms with Gasteiger partial charge >= 0.3 is 5.69 Å². The molecule has 1 aliphatic rings. The zero-order valence-electron chi connectivity index (χ0n) is 11.2. The molecule has 1 heterocycles. The van der Waals surface area contributed by atoms with E-state index in [0.29, 0.717) is 25.3 Å². The van der Waals surface area contributed by atoms with Crippen LogP contribution < -0.4 is 15.4 Å². The van der Waals surface area contributed by atoms with Gasteiger partial charge in [-0.05, 0) is 18.6 Å². The molecular weight excluding hydrogens is 262 g/mol. The number of anilines is 1. The third-order valence-electron chi connectivity index (χ3n) is 2.98. The predicted molar refractivity (Wildman–Crippen MR) is 73.9 cm³/mol. The van der Waals surface area contributed by atoms with Crippen LogP contribution in [0.15, 0.2) is 18.2 Å². The lowest BCUT2D eigenvalue weighted by atomic mass is 10.2. The van der Waals surface area contributed by atoms with Crippen molar-refractivity contribution in [1.82, 2.24) is 5.32 Å². The van der Waals surface area contributed by atoms with Crippen LogP contribution in [0.4, 0.5) is 11.4 Å². The maximum atomic E-state index is 11.2. The molecule has 1 saturated heterocycles. The number of para-hydroxylation sites is 1. The number of nitro groups is 1. The lowest BCUT2D eigenvalue weighted by Gasteiger charge is -2.14. The summed E-state index contributed by atoms with van der Waals surface area (Å²) >= 11 is 0. The number of ether oxygens (including phenoxy) is 1. The number of carbonyl (C=O) groups excluding carboxylic acids is 1. The van der Waals surface area contributed by atoms with Crippen molar-refractivity contribution in [3.8, 4) is 5.75 Å². The summed E-state index contributed by atoms with van der Waals surface area (Å²) in [6.07, 6.45) is 1.09. The molecule has 1 aromatic rings. The van der Waals surface area contributed by atoms with E-state index in [9.17, 15) is 14.9 Å². The first-order chi connectivity index (χ1) is 9.61. The molecule has 0 aromatic heterocycles. The Morgan fingerprint density at radius 1 is 1.55 bits per heavy atom. The minimum atomic E-state index is -0.461. The quantitative estimate of drug-likeness (QED) is 0.610. The molecule has 1 aromatic carbocycles. The summed E-state index contributed by atoms with van der Waals surface area (Å²) in [5.41, 5.74) is 0.297. The summed E-state index contributed by atoms with van der Waals surface area (Å²) in [7, 11) is 0. The fourth-order valence-electron chi connectivity index (χ4n) is 2.08. The van der Waals surface area contributed by atoms with E-state index >= 15 is 0 Å². The van der Waals surface area contributed by atoms with E-state index in [1.165, 1.54) is 0 Å². The van der Waals surface area contributed by atoms with Crippen molar-refractivity contribution in [2.24, 2.45) is 0 Å². The lowest BCUT2D eigenvalue weighted by molar-refractivity contribution is -0.385. The zero-order valence-corrected chi connectivity index (χ0v) is 11.2. The molecule has 1 unspecified atom stereocenters. The highest BCUT2D eigenvalue weighted by molar-refractivity contribution is 5.80. The summed E-state index contributed by atoms with van der Waals surface area (Å²) in [6.45, 7) is 2.83. The van der Waals surface area contributed by atoms with Gasteiger partial charge in [-0.15, -0.1) is 0 Å². The number of nitrogens with one attached hydrogen (secondary N) is 2. The summed E-state index contributed by atoms with van der Waals surface area (Å²) < 4.78 is 5.41. The Morgan fingerprint density at radius 2 is 2.35 bits per heavy atom. The molecule has 0 radical (unpaired) electrons. The van der Waals surface area contributed by atoms with Gasteiger partial charge in [-0.3, -0.25) is 14.9 Å². The summed E-state index contributed by atoms with van der Waals surface area (Å²) in [5, 5.41) is 17.0. The molecule has 108 valence electrons. The highest BCUT2D eigenvalue weighted by atomic mass is 16.6. The van der Waals surface area contributed by atoms with E-state index in [1.54, 1.807) is 18.2 Å². The molecule has 1 atom stereocenters. The second-order valence-corrected chi connectivity index (χ2v) is 4.61. The standard InChI is InChI=1S/C13H17N3O4/c1-2-6-20-11-5-3-4-10(13(11)16(18)19)15-9-7-12(17)14-8-9/h3-5,9,15H,2,6-8H2,1H3,(H,14,17). The monoisotopic (exact) mass is 279 g/mol. The molecule has 1 fully saturated rings. The average Bonchev–Trinajstić information content (AvgIpc) is 2.81. The van der Waals surface area contributed by atoms with Gasteiger partial charge in [-0.1, -0.05) is 13.0 Å². The third kappa shape index (κ3) is 3.17. The number of nitrogens with zero attached hydrogens (tertiary/aromatic N) is 1. The molecule has 0 bridgehead atoms. The van der Waals surface area contributed by atoms with Gasteiger partial charge in [0.1, 0.15) is 5.69 Å². The number of rotatable bonds is 6. The van der Waals surface area contributed by atoms with Gasteiger partial charge in [0.2, 0.25) is 5.91 Å². The second-order valence-electron chi connectivity index (χ2n) is 4.61. The minimum absolute atomic E-state index is 0.0523. The maximum absolute atomic E-state index is 11.2. The smallest absolute Gasteiger partial charge is 0.333 e. The van der Waals surface area contributed by atoms with Crippen molar-refractivity contribution in [3.05, 3.63) is 28.3 Å². The molecule has 1 amide bonds. The number of hydrogen-bond acceptors (Lipinski definition) is 5. The van der Waals surface area contributed by atoms with Crippen molar-refractivity contribution in [2.45, 2.75) is 25.8 Å². The van der Waals surface area contributed by atoms with Crippen LogP contribution in [0, 0.1) is 10.1 Å². The van der Waals surface area contributed by atoms with E-state index < -0.39 is 4.92 Å². The summed E-state index contributed by atoms with van der Waals surface area (Å²) in [6, 6.07) is 4.77. The third-order valence-corrected chi connectivity index (χ3v) is 2.98. The highest BCUT2D eigenvalue weighted by Gasteiger charge is 2.26. The van der Waals surface area contributed by atoms with Crippen LogP contribution >= 0.6 is 0 Å².